The summed E-state index contributed by atoms with van der Waals surface area (Å²) in [6.07, 6.45) is 5.79. The van der Waals surface area contributed by atoms with Crippen molar-refractivity contribution in [1.29, 1.82) is 0 Å². The highest BCUT2D eigenvalue weighted by molar-refractivity contribution is 6.00. The fourth-order valence-electron chi connectivity index (χ4n) is 5.57. The van der Waals surface area contributed by atoms with Crippen molar-refractivity contribution in [3.05, 3.63) is 119 Å². The number of alkyl halides is 1. The van der Waals surface area contributed by atoms with E-state index in [1.807, 2.05) is 37.3 Å². The number of pyridine rings is 1. The molecule has 2 aromatic heterocycles. The number of aryl methyl sites for hydroxylation is 1. The Balaban J connectivity index is 1.26. The largest absolute Gasteiger partial charge is 0.446 e. The molecule has 5 rings (SSSR count). The summed E-state index contributed by atoms with van der Waals surface area (Å²) in [4.78, 5) is 37.4. The molecule has 0 bridgehead atoms. The quantitative estimate of drug-likeness (QED) is 0.205. The Kier molecular flexibility index (Phi) is 10.0. The molecule has 4 aromatic rings. The van der Waals surface area contributed by atoms with Gasteiger partial charge in [0.15, 0.2) is 0 Å². The van der Waals surface area contributed by atoms with Crippen molar-refractivity contribution in [3.63, 3.8) is 0 Å². The highest BCUT2D eigenvalue weighted by Gasteiger charge is 2.34. The lowest BCUT2D eigenvalue weighted by Crippen LogP contribution is -2.48. The molecule has 0 radical (unpaired) electrons. The van der Waals surface area contributed by atoms with E-state index < -0.39 is 23.7 Å². The van der Waals surface area contributed by atoms with Crippen LogP contribution < -0.4 is 10.6 Å². The number of nitrogens with zero attached hydrogens (tertiary/aromatic N) is 3. The first kappa shape index (κ1) is 32.0. The number of rotatable bonds is 12. The van der Waals surface area contributed by atoms with Gasteiger partial charge in [0.2, 0.25) is 5.89 Å². The number of likely N-dealkylation sites (tertiary alicyclic amines) is 1. The van der Waals surface area contributed by atoms with Gasteiger partial charge in [-0.1, -0.05) is 36.4 Å². The summed E-state index contributed by atoms with van der Waals surface area (Å²) in [5, 5.41) is 17.4. The molecule has 9 nitrogen and oxygen atoms in total. The van der Waals surface area contributed by atoms with E-state index in [1.165, 1.54) is 20.0 Å². The number of aliphatic hydroxyl groups excluding tert-OH is 1. The van der Waals surface area contributed by atoms with Crippen molar-refractivity contribution in [2.75, 3.05) is 13.1 Å². The van der Waals surface area contributed by atoms with Gasteiger partial charge in [-0.2, -0.15) is 0 Å². The molecular weight excluding hydrogens is 573 g/mol. The zero-order valence-electron chi connectivity index (χ0n) is 25.9. The molecule has 3 N–H and O–H groups in total. The van der Waals surface area contributed by atoms with E-state index in [2.05, 4.69) is 20.6 Å². The minimum atomic E-state index is -1.51. The maximum atomic E-state index is 14.4. The Morgan fingerprint density at radius 3 is 2.60 bits per heavy atom. The van der Waals surface area contributed by atoms with Crippen LogP contribution >= 0.6 is 0 Å². The minimum Gasteiger partial charge on any atom is -0.446 e. The standard InChI is InChI=1S/C35H40FN5O4/c1-23-22-45-33(39-23)30-13-8-14-41(30)34(44)27-12-7-11-26(17-27)32(43)40-29(16-24-9-5-4-6-10-24)31(42)21-38-19-25-15-28(20-37-18-25)35(2,3)36/h4-7,9-12,15,17-18,20,22,29-31,38,42H,8,13-14,16,19,21H2,1-3H3,(H,40,43)/t29-,30+,31-/m0/s1. The molecule has 10 heteroatoms. The van der Waals surface area contributed by atoms with Crippen molar-refractivity contribution in [2.24, 2.45) is 0 Å². The van der Waals surface area contributed by atoms with Crippen molar-refractivity contribution in [1.82, 2.24) is 25.5 Å². The number of oxazole rings is 1. The van der Waals surface area contributed by atoms with E-state index in [4.69, 9.17) is 4.42 Å². The van der Waals surface area contributed by atoms with Gasteiger partial charge in [0.05, 0.1) is 17.8 Å². The van der Waals surface area contributed by atoms with E-state index in [0.717, 1.165) is 29.7 Å². The molecule has 0 spiro atoms. The summed E-state index contributed by atoms with van der Waals surface area (Å²) in [5.41, 5.74) is 2.18. The maximum Gasteiger partial charge on any atom is 0.254 e. The van der Waals surface area contributed by atoms with Gasteiger partial charge >= 0.3 is 0 Å². The number of carbonyl (C=O) groups is 2. The Hall–Kier alpha value is -4.41. The minimum absolute atomic E-state index is 0.177. The molecule has 2 aromatic carbocycles. The summed E-state index contributed by atoms with van der Waals surface area (Å²) in [6.45, 7) is 5.93. The highest BCUT2D eigenvalue weighted by atomic mass is 19.1. The average molecular weight is 614 g/mol. The van der Waals surface area contributed by atoms with Gasteiger partial charge in [-0.3, -0.25) is 14.6 Å². The molecule has 2 amide bonds. The van der Waals surface area contributed by atoms with Gasteiger partial charge in [-0.15, -0.1) is 0 Å². The van der Waals surface area contributed by atoms with Gasteiger partial charge in [0, 0.05) is 48.7 Å². The Bertz CT molecular complexity index is 1600. The van der Waals surface area contributed by atoms with Gasteiger partial charge in [0.25, 0.3) is 11.8 Å². The molecule has 0 aliphatic carbocycles. The molecule has 1 fully saturated rings. The number of carbonyl (C=O) groups excluding carboxylic acids is 2. The van der Waals surface area contributed by atoms with E-state index in [1.54, 1.807) is 47.7 Å². The Labute approximate surface area is 262 Å². The third-order valence-electron chi connectivity index (χ3n) is 8.05. The molecular formula is C35H40FN5O4. The first-order chi connectivity index (χ1) is 21.6. The van der Waals surface area contributed by atoms with Crippen LogP contribution in [0.2, 0.25) is 0 Å². The lowest BCUT2D eigenvalue weighted by Gasteiger charge is -2.25. The van der Waals surface area contributed by atoms with E-state index in [9.17, 15) is 19.1 Å². The molecule has 45 heavy (non-hydrogen) atoms. The fourth-order valence-corrected chi connectivity index (χ4v) is 5.57. The van der Waals surface area contributed by atoms with Crippen LogP contribution in [0.15, 0.2) is 83.7 Å². The molecule has 3 heterocycles. The van der Waals surface area contributed by atoms with Crippen LogP contribution in [0.1, 0.15) is 81.7 Å². The van der Waals surface area contributed by atoms with Crippen molar-refractivity contribution in [2.45, 2.75) is 70.4 Å². The fraction of sp³-hybridized carbons (Fsp3) is 0.371. The van der Waals surface area contributed by atoms with Crippen molar-refractivity contribution in [3.8, 4) is 0 Å². The van der Waals surface area contributed by atoms with Crippen LogP contribution in [-0.2, 0) is 18.6 Å². The summed E-state index contributed by atoms with van der Waals surface area (Å²) in [7, 11) is 0. The van der Waals surface area contributed by atoms with Crippen LogP contribution in [0.3, 0.4) is 0 Å². The number of amides is 2. The molecule has 1 saturated heterocycles. The lowest BCUT2D eigenvalue weighted by molar-refractivity contribution is 0.0715. The van der Waals surface area contributed by atoms with Crippen LogP contribution in [-0.4, -0.2) is 57.0 Å². The summed E-state index contributed by atoms with van der Waals surface area (Å²) < 4.78 is 20.0. The molecule has 1 aliphatic heterocycles. The predicted molar refractivity (Wildman–Crippen MR) is 168 cm³/mol. The zero-order chi connectivity index (χ0) is 32.0. The van der Waals surface area contributed by atoms with E-state index >= 15 is 0 Å². The smallest absolute Gasteiger partial charge is 0.254 e. The summed E-state index contributed by atoms with van der Waals surface area (Å²) in [5.74, 6) is -0.0652. The number of benzene rings is 2. The monoisotopic (exact) mass is 613 g/mol. The highest BCUT2D eigenvalue weighted by Crippen LogP contribution is 2.33. The van der Waals surface area contributed by atoms with Gasteiger partial charge in [-0.05, 0) is 75.4 Å². The number of nitrogens with one attached hydrogen (secondary N) is 2. The first-order valence-electron chi connectivity index (χ1n) is 15.3. The predicted octanol–water partition coefficient (Wildman–Crippen LogP) is 5.05. The Morgan fingerprint density at radius 1 is 1.09 bits per heavy atom. The molecule has 0 saturated carbocycles. The Morgan fingerprint density at radius 2 is 1.87 bits per heavy atom. The topological polar surface area (TPSA) is 121 Å². The van der Waals surface area contributed by atoms with Crippen LogP contribution in [0.4, 0.5) is 4.39 Å². The van der Waals surface area contributed by atoms with Crippen molar-refractivity contribution < 1.29 is 23.5 Å². The molecule has 0 unspecified atom stereocenters. The van der Waals surface area contributed by atoms with Gasteiger partial charge in [-0.25, -0.2) is 9.37 Å². The van der Waals surface area contributed by atoms with Crippen LogP contribution in [0.25, 0.3) is 0 Å². The zero-order valence-corrected chi connectivity index (χ0v) is 25.9. The first-order valence-corrected chi connectivity index (χ1v) is 15.3. The lowest BCUT2D eigenvalue weighted by atomic mass is 9.99. The summed E-state index contributed by atoms with van der Waals surface area (Å²) >= 11 is 0. The van der Waals surface area contributed by atoms with Crippen LogP contribution in [0, 0.1) is 6.92 Å². The SMILES string of the molecule is Cc1coc([C@H]2CCCN2C(=O)c2cccc(C(=O)N[C@@H](Cc3ccccc3)[C@@H](O)CNCc3cncc(C(C)(C)F)c3)c2)n1. The van der Waals surface area contributed by atoms with E-state index in [0.29, 0.717) is 42.1 Å². The molecule has 1 aliphatic rings. The molecule has 3 atom stereocenters. The van der Waals surface area contributed by atoms with Gasteiger partial charge in [0.1, 0.15) is 18.0 Å². The number of hydrogen-bond acceptors (Lipinski definition) is 7. The number of aromatic nitrogens is 2. The number of aliphatic hydroxyl groups is 1. The third kappa shape index (κ3) is 8.20. The van der Waals surface area contributed by atoms with Crippen molar-refractivity contribution >= 4 is 11.8 Å². The summed E-state index contributed by atoms with van der Waals surface area (Å²) in [6, 6.07) is 17.1. The average Bonchev–Trinajstić information content (AvgIpc) is 3.70. The van der Waals surface area contributed by atoms with E-state index in [-0.39, 0.29) is 18.5 Å². The second kappa shape index (κ2) is 14.1. The molecule has 236 valence electrons. The second-order valence-corrected chi connectivity index (χ2v) is 12.1. The second-order valence-electron chi connectivity index (χ2n) is 12.1. The maximum absolute atomic E-state index is 14.4. The van der Waals surface area contributed by atoms with Crippen LogP contribution in [0.5, 0.6) is 0 Å². The number of hydrogen-bond donors (Lipinski definition) is 3. The third-order valence-corrected chi connectivity index (χ3v) is 8.05. The number of halogens is 1. The normalized spacial score (nSPS) is 16.4. The van der Waals surface area contributed by atoms with Gasteiger partial charge < -0.3 is 25.1 Å².